The summed E-state index contributed by atoms with van der Waals surface area (Å²) >= 11 is 0. The molecular weight excluding hydrogens is 406 g/mol. The van der Waals surface area contributed by atoms with Gasteiger partial charge in [-0.1, -0.05) is 60.5 Å². The van der Waals surface area contributed by atoms with Gasteiger partial charge in [-0.15, -0.1) is 0 Å². The first-order valence-corrected chi connectivity index (χ1v) is 14.0. The van der Waals surface area contributed by atoms with Gasteiger partial charge in [0.05, 0.1) is 0 Å². The molecule has 0 aromatic carbocycles. The number of nitrogens with zero attached hydrogens (tertiary/aromatic N) is 1. The summed E-state index contributed by atoms with van der Waals surface area (Å²) in [6.45, 7) is 19.6. The lowest BCUT2D eigenvalue weighted by molar-refractivity contribution is -0.228. The lowest BCUT2D eigenvalue weighted by Gasteiger charge is -2.72. The Labute approximate surface area is 202 Å². The van der Waals surface area contributed by atoms with Gasteiger partial charge in [-0.05, 0) is 109 Å². The summed E-state index contributed by atoms with van der Waals surface area (Å²) in [7, 11) is 0. The third-order valence-electron chi connectivity index (χ3n) is 13.4. The van der Waals surface area contributed by atoms with Crippen LogP contribution >= 0.6 is 0 Å². The predicted octanol–water partition coefficient (Wildman–Crippen LogP) is 7.75. The molecule has 0 amide bonds. The maximum absolute atomic E-state index is 13.2. The van der Waals surface area contributed by atoms with Crippen molar-refractivity contribution in [1.82, 2.24) is 0 Å². The second kappa shape index (κ2) is 7.10. The summed E-state index contributed by atoms with van der Waals surface area (Å²) < 4.78 is 0. The number of carbonyl (C=O) groups is 1. The Hall–Kier alpha value is -0.860. The van der Waals surface area contributed by atoms with Crippen LogP contribution in [0.25, 0.3) is 0 Å². The van der Waals surface area contributed by atoms with Crippen LogP contribution in [0.3, 0.4) is 0 Å². The fourth-order valence-corrected chi connectivity index (χ4v) is 11.6. The molecule has 0 spiro atoms. The lowest BCUT2D eigenvalue weighted by Crippen LogP contribution is -2.67. The Balaban J connectivity index is 1.57. The van der Waals surface area contributed by atoms with E-state index in [9.17, 15) is 10.0 Å². The van der Waals surface area contributed by atoms with Crippen LogP contribution in [0.2, 0.25) is 0 Å². The molecule has 186 valence electrons. The van der Waals surface area contributed by atoms with Crippen molar-refractivity contribution in [2.75, 3.05) is 0 Å². The minimum atomic E-state index is -0.438. The zero-order valence-corrected chi connectivity index (χ0v) is 22.6. The molecule has 5 aliphatic rings. The molecular formula is C30H49NO2. The van der Waals surface area contributed by atoms with Gasteiger partial charge in [0, 0.05) is 11.8 Å². The Morgan fingerprint density at radius 2 is 1.55 bits per heavy atom. The van der Waals surface area contributed by atoms with E-state index < -0.39 is 5.41 Å². The molecule has 0 bridgehead atoms. The highest BCUT2D eigenvalue weighted by molar-refractivity contribution is 6.42. The number of hydrogen-bond donors (Lipinski definition) is 1. The van der Waals surface area contributed by atoms with Crippen molar-refractivity contribution < 1.29 is 10.0 Å². The third-order valence-corrected chi connectivity index (χ3v) is 13.4. The number of rotatable bonds is 1. The molecule has 0 aromatic heterocycles. The summed E-state index contributed by atoms with van der Waals surface area (Å²) in [5.41, 5.74) is 1.24. The van der Waals surface area contributed by atoms with Crippen molar-refractivity contribution in [3.8, 4) is 0 Å². The summed E-state index contributed by atoms with van der Waals surface area (Å²) in [6, 6.07) is 0. The van der Waals surface area contributed by atoms with E-state index >= 15 is 0 Å². The number of fused-ring (bicyclic) bond motifs is 7. The standard InChI is InChI=1S/C30H49NO2/c1-18(2)19-11-13-27(5)15-16-29(7)20(24(19)27)9-10-23-28(6)17-21(31-33)25(32)26(3,4)22(28)12-14-30(23,29)8/h18-20,22-24,33H,9-17H2,1-8H3/b31-21+/t19-,20?,22?,23?,24?,27-,28-,29-,30-/m1/s1. The van der Waals surface area contributed by atoms with Crippen LogP contribution in [0.1, 0.15) is 113 Å². The van der Waals surface area contributed by atoms with E-state index in [0.717, 1.165) is 30.1 Å². The highest BCUT2D eigenvalue weighted by Crippen LogP contribution is 2.77. The molecule has 1 N–H and O–H groups in total. The van der Waals surface area contributed by atoms with Crippen molar-refractivity contribution in [3.05, 3.63) is 0 Å². The van der Waals surface area contributed by atoms with Gasteiger partial charge in [0.25, 0.3) is 0 Å². The number of carbonyl (C=O) groups excluding carboxylic acids is 1. The smallest absolute Gasteiger partial charge is 0.186 e. The Kier molecular flexibility index (Phi) is 5.13. The van der Waals surface area contributed by atoms with Gasteiger partial charge in [0.2, 0.25) is 0 Å². The van der Waals surface area contributed by atoms with Crippen molar-refractivity contribution >= 4 is 11.5 Å². The van der Waals surface area contributed by atoms with E-state index in [-0.39, 0.29) is 11.2 Å². The second-order valence-corrected chi connectivity index (χ2v) is 15.1. The molecule has 0 saturated heterocycles. The Bertz CT molecular complexity index is 875. The van der Waals surface area contributed by atoms with Crippen molar-refractivity contribution in [3.63, 3.8) is 0 Å². The van der Waals surface area contributed by atoms with E-state index in [2.05, 4.69) is 60.5 Å². The Morgan fingerprint density at radius 1 is 0.848 bits per heavy atom. The van der Waals surface area contributed by atoms with E-state index in [0.29, 0.717) is 40.2 Å². The van der Waals surface area contributed by atoms with Gasteiger partial charge in [0.15, 0.2) is 5.78 Å². The average Bonchev–Trinajstić information content (AvgIpc) is 3.09. The fraction of sp³-hybridized carbons (Fsp3) is 0.933. The normalized spacial score (nSPS) is 54.5. The van der Waals surface area contributed by atoms with Crippen LogP contribution in [-0.2, 0) is 4.79 Å². The van der Waals surface area contributed by atoms with E-state index in [1.54, 1.807) is 0 Å². The summed E-state index contributed by atoms with van der Waals surface area (Å²) in [5.74, 6) is 4.42. The van der Waals surface area contributed by atoms with Gasteiger partial charge < -0.3 is 5.21 Å². The first-order valence-electron chi connectivity index (χ1n) is 14.0. The number of hydrogen-bond acceptors (Lipinski definition) is 3. The van der Waals surface area contributed by atoms with E-state index in [4.69, 9.17) is 0 Å². The van der Waals surface area contributed by atoms with Crippen LogP contribution in [0.5, 0.6) is 0 Å². The van der Waals surface area contributed by atoms with Crippen molar-refractivity contribution in [1.29, 1.82) is 0 Å². The molecule has 0 radical (unpaired) electrons. The maximum atomic E-state index is 13.2. The highest BCUT2D eigenvalue weighted by atomic mass is 16.4. The van der Waals surface area contributed by atoms with Crippen LogP contribution < -0.4 is 0 Å². The molecule has 0 heterocycles. The molecule has 5 aliphatic carbocycles. The largest absolute Gasteiger partial charge is 0.411 e. The van der Waals surface area contributed by atoms with Gasteiger partial charge in [-0.25, -0.2) is 0 Å². The molecule has 5 fully saturated rings. The van der Waals surface area contributed by atoms with Gasteiger partial charge in [-0.2, -0.15) is 0 Å². The minimum absolute atomic E-state index is 0.0355. The lowest BCUT2D eigenvalue weighted by atomic mass is 9.32. The number of ketones is 1. The topological polar surface area (TPSA) is 49.7 Å². The first-order chi connectivity index (χ1) is 15.3. The molecule has 3 heteroatoms. The molecule has 33 heavy (non-hydrogen) atoms. The molecule has 3 nitrogen and oxygen atoms in total. The van der Waals surface area contributed by atoms with E-state index in [1.165, 1.54) is 44.9 Å². The van der Waals surface area contributed by atoms with Crippen LogP contribution in [0.4, 0.5) is 0 Å². The van der Waals surface area contributed by atoms with Crippen LogP contribution in [-0.4, -0.2) is 16.7 Å². The summed E-state index contributed by atoms with van der Waals surface area (Å²) in [6.07, 6.45) is 11.3. The van der Waals surface area contributed by atoms with E-state index in [1.807, 2.05) is 0 Å². The second-order valence-electron chi connectivity index (χ2n) is 15.1. The fourth-order valence-electron chi connectivity index (χ4n) is 11.6. The van der Waals surface area contributed by atoms with Crippen molar-refractivity contribution in [2.45, 2.75) is 113 Å². The molecule has 0 aliphatic heterocycles. The Morgan fingerprint density at radius 3 is 2.18 bits per heavy atom. The number of oxime groups is 1. The average molecular weight is 456 g/mol. The predicted molar refractivity (Wildman–Crippen MR) is 134 cm³/mol. The number of Topliss-reactive ketones (excluding diaryl/α,β-unsaturated/α-hetero) is 1. The third kappa shape index (κ3) is 2.80. The molecule has 4 unspecified atom stereocenters. The van der Waals surface area contributed by atoms with Gasteiger partial charge in [-0.3, -0.25) is 4.79 Å². The zero-order valence-electron chi connectivity index (χ0n) is 22.6. The molecule has 5 saturated carbocycles. The molecule has 9 atom stereocenters. The van der Waals surface area contributed by atoms with Crippen LogP contribution in [0.15, 0.2) is 5.16 Å². The highest BCUT2D eigenvalue weighted by Gasteiger charge is 2.71. The maximum Gasteiger partial charge on any atom is 0.186 e. The van der Waals surface area contributed by atoms with Crippen molar-refractivity contribution in [2.24, 2.45) is 67.7 Å². The van der Waals surface area contributed by atoms with Crippen LogP contribution in [0, 0.1) is 62.6 Å². The monoisotopic (exact) mass is 455 g/mol. The quantitative estimate of drug-likeness (QED) is 0.324. The SMILES string of the molecule is CC(C)[C@H]1CC[C@]2(C)CC[C@]3(C)C(CCC4[C@]5(C)C/C(=N\O)C(=O)C(C)(C)C5CC[C@]43C)C12. The van der Waals surface area contributed by atoms with Gasteiger partial charge in [0.1, 0.15) is 5.71 Å². The molecule has 0 aromatic rings. The summed E-state index contributed by atoms with van der Waals surface area (Å²) in [5, 5.41) is 13.3. The van der Waals surface area contributed by atoms with Gasteiger partial charge >= 0.3 is 0 Å². The zero-order chi connectivity index (χ0) is 24.2. The minimum Gasteiger partial charge on any atom is -0.411 e. The summed E-state index contributed by atoms with van der Waals surface area (Å²) in [4.78, 5) is 13.2. The first kappa shape index (κ1) is 23.9. The molecule has 5 rings (SSSR count).